The predicted molar refractivity (Wildman–Crippen MR) is 105 cm³/mol. The number of allylic oxidation sites excluding steroid dienone is 2. The third-order valence-electron chi connectivity index (χ3n) is 4.28. The van der Waals surface area contributed by atoms with E-state index in [1.165, 1.54) is 57.8 Å². The van der Waals surface area contributed by atoms with E-state index >= 15 is 0 Å². The van der Waals surface area contributed by atoms with Crippen LogP contribution in [0.1, 0.15) is 83.1 Å². The first-order chi connectivity index (χ1) is 11.9. The largest absolute Gasteiger partial charge is 0.385 e. The normalized spacial score (nSPS) is 10.8. The molecule has 1 rings (SSSR count). The van der Waals surface area contributed by atoms with Gasteiger partial charge in [-0.05, 0) is 49.9 Å². The summed E-state index contributed by atoms with van der Waals surface area (Å²) < 4.78 is 0. The van der Waals surface area contributed by atoms with Gasteiger partial charge >= 0.3 is 0 Å². The van der Waals surface area contributed by atoms with Crippen LogP contribution in [-0.4, -0.2) is 6.54 Å². The Bertz CT molecular complexity index is 468. The van der Waals surface area contributed by atoms with Crippen LogP contribution in [0.2, 0.25) is 0 Å². The molecule has 0 amide bonds. The van der Waals surface area contributed by atoms with E-state index in [1.807, 2.05) is 24.3 Å². The number of unbranched alkanes of at least 4 members (excludes halogenated alkanes) is 9. The van der Waals surface area contributed by atoms with Crippen LogP contribution in [-0.2, 0) is 0 Å². The molecule has 0 radical (unpaired) electrons. The van der Waals surface area contributed by atoms with E-state index in [1.54, 1.807) is 0 Å². The molecule has 1 aromatic carbocycles. The van der Waals surface area contributed by atoms with Gasteiger partial charge in [0.15, 0.2) is 0 Å². The van der Waals surface area contributed by atoms with E-state index in [-0.39, 0.29) is 0 Å². The number of rotatable bonds is 14. The molecule has 0 saturated carbocycles. The van der Waals surface area contributed by atoms with Gasteiger partial charge in [0, 0.05) is 12.2 Å². The fraction of sp³-hybridized carbons (Fsp3) is 0.591. The van der Waals surface area contributed by atoms with Gasteiger partial charge in [0.25, 0.3) is 0 Å². The summed E-state index contributed by atoms with van der Waals surface area (Å²) in [5, 5.41) is 12.2. The molecule has 0 spiro atoms. The van der Waals surface area contributed by atoms with Crippen molar-refractivity contribution in [2.24, 2.45) is 0 Å². The number of hydrogen-bond acceptors (Lipinski definition) is 2. The van der Waals surface area contributed by atoms with Crippen molar-refractivity contribution >= 4 is 5.69 Å². The van der Waals surface area contributed by atoms with Crippen LogP contribution >= 0.6 is 0 Å². The molecule has 0 saturated heterocycles. The molecule has 132 valence electrons. The van der Waals surface area contributed by atoms with Crippen molar-refractivity contribution in [3.05, 3.63) is 42.0 Å². The van der Waals surface area contributed by atoms with Crippen molar-refractivity contribution in [3.8, 4) is 6.07 Å². The van der Waals surface area contributed by atoms with Crippen molar-refractivity contribution in [2.45, 2.75) is 77.6 Å². The summed E-state index contributed by atoms with van der Waals surface area (Å²) in [6.45, 7) is 3.25. The highest BCUT2D eigenvalue weighted by atomic mass is 14.9. The van der Waals surface area contributed by atoms with Gasteiger partial charge in [-0.15, -0.1) is 0 Å². The first kappa shape index (κ1) is 20.3. The van der Waals surface area contributed by atoms with Gasteiger partial charge in [-0.25, -0.2) is 0 Å². The molecule has 0 atom stereocenters. The lowest BCUT2D eigenvalue weighted by molar-refractivity contribution is 0.577. The quantitative estimate of drug-likeness (QED) is 0.300. The summed E-state index contributed by atoms with van der Waals surface area (Å²) in [5.41, 5.74) is 1.81. The zero-order valence-corrected chi connectivity index (χ0v) is 15.4. The van der Waals surface area contributed by atoms with E-state index in [9.17, 15) is 0 Å². The van der Waals surface area contributed by atoms with Gasteiger partial charge < -0.3 is 5.32 Å². The van der Waals surface area contributed by atoms with Crippen molar-refractivity contribution in [2.75, 3.05) is 11.9 Å². The number of benzene rings is 1. The molecule has 0 unspecified atom stereocenters. The fourth-order valence-electron chi connectivity index (χ4n) is 2.75. The number of hydrogen-bond donors (Lipinski definition) is 1. The van der Waals surface area contributed by atoms with Gasteiger partial charge in [-0.2, -0.15) is 5.26 Å². The predicted octanol–water partition coefficient (Wildman–Crippen LogP) is 6.84. The maximum atomic E-state index is 8.76. The van der Waals surface area contributed by atoms with Crippen LogP contribution in [0.5, 0.6) is 0 Å². The molecule has 0 fully saturated rings. The number of anilines is 1. The van der Waals surface area contributed by atoms with Crippen molar-refractivity contribution < 1.29 is 0 Å². The average Bonchev–Trinajstić information content (AvgIpc) is 2.62. The molecule has 1 N–H and O–H groups in total. The highest BCUT2D eigenvalue weighted by molar-refractivity contribution is 5.46. The topological polar surface area (TPSA) is 35.8 Å². The Labute approximate surface area is 149 Å². The summed E-state index contributed by atoms with van der Waals surface area (Å²) in [6, 6.07) is 9.78. The molecular weight excluding hydrogens is 292 g/mol. The number of nitrogens with one attached hydrogen (secondary N) is 1. The van der Waals surface area contributed by atoms with Gasteiger partial charge in [0.2, 0.25) is 0 Å². The SMILES string of the molecule is CCCCCCCCCCC=CCCCNc1ccc(C#N)cc1. The first-order valence-electron chi connectivity index (χ1n) is 9.76. The lowest BCUT2D eigenvalue weighted by Crippen LogP contribution is -2.00. The summed E-state index contributed by atoms with van der Waals surface area (Å²) in [7, 11) is 0. The first-order valence-corrected chi connectivity index (χ1v) is 9.76. The highest BCUT2D eigenvalue weighted by Gasteiger charge is 1.93. The lowest BCUT2D eigenvalue weighted by atomic mass is 10.1. The molecule has 0 aliphatic heterocycles. The molecule has 0 bridgehead atoms. The smallest absolute Gasteiger partial charge is 0.0991 e. The number of nitriles is 1. The van der Waals surface area contributed by atoms with E-state index in [0.29, 0.717) is 5.56 Å². The van der Waals surface area contributed by atoms with Crippen molar-refractivity contribution in [1.29, 1.82) is 5.26 Å². The van der Waals surface area contributed by atoms with Crippen molar-refractivity contribution in [3.63, 3.8) is 0 Å². The molecule has 1 aromatic rings. The van der Waals surface area contributed by atoms with Gasteiger partial charge in [0.05, 0.1) is 11.6 Å². The second-order valence-electron chi connectivity index (χ2n) is 6.49. The Hall–Kier alpha value is -1.75. The minimum atomic E-state index is 0.712. The van der Waals surface area contributed by atoms with Crippen LogP contribution in [0.15, 0.2) is 36.4 Å². The number of nitrogens with zero attached hydrogens (tertiary/aromatic N) is 1. The molecule has 0 aliphatic carbocycles. The van der Waals surface area contributed by atoms with Crippen LogP contribution in [0.4, 0.5) is 5.69 Å². The molecule has 0 heterocycles. The van der Waals surface area contributed by atoms with Crippen LogP contribution in [0, 0.1) is 11.3 Å². The fourth-order valence-corrected chi connectivity index (χ4v) is 2.75. The summed E-state index contributed by atoms with van der Waals surface area (Å²) in [5.74, 6) is 0. The lowest BCUT2D eigenvalue weighted by Gasteiger charge is -2.04. The zero-order chi connectivity index (χ0) is 17.3. The van der Waals surface area contributed by atoms with Crippen LogP contribution < -0.4 is 5.32 Å². The Kier molecular flexibility index (Phi) is 12.5. The Morgan fingerprint density at radius 1 is 0.833 bits per heavy atom. The monoisotopic (exact) mass is 326 g/mol. The maximum Gasteiger partial charge on any atom is 0.0991 e. The minimum Gasteiger partial charge on any atom is -0.385 e. The molecule has 24 heavy (non-hydrogen) atoms. The molecular formula is C22H34N2. The summed E-state index contributed by atoms with van der Waals surface area (Å²) in [4.78, 5) is 0. The Morgan fingerprint density at radius 2 is 1.42 bits per heavy atom. The summed E-state index contributed by atoms with van der Waals surface area (Å²) in [6.07, 6.45) is 19.3. The van der Waals surface area contributed by atoms with E-state index in [2.05, 4.69) is 30.5 Å². The molecule has 0 aliphatic rings. The van der Waals surface area contributed by atoms with Crippen LogP contribution in [0.25, 0.3) is 0 Å². The van der Waals surface area contributed by atoms with Gasteiger partial charge in [0.1, 0.15) is 0 Å². The maximum absolute atomic E-state index is 8.76. The summed E-state index contributed by atoms with van der Waals surface area (Å²) >= 11 is 0. The van der Waals surface area contributed by atoms with Crippen LogP contribution in [0.3, 0.4) is 0 Å². The molecule has 0 aromatic heterocycles. The Balaban J connectivity index is 1.88. The second kappa shape index (κ2) is 14.8. The highest BCUT2D eigenvalue weighted by Crippen LogP contribution is 2.10. The van der Waals surface area contributed by atoms with E-state index < -0.39 is 0 Å². The van der Waals surface area contributed by atoms with Crippen molar-refractivity contribution in [1.82, 2.24) is 0 Å². The average molecular weight is 327 g/mol. The molecule has 2 heteroatoms. The zero-order valence-electron chi connectivity index (χ0n) is 15.4. The third kappa shape index (κ3) is 10.9. The van der Waals surface area contributed by atoms with E-state index in [0.717, 1.165) is 25.1 Å². The minimum absolute atomic E-state index is 0.712. The van der Waals surface area contributed by atoms with E-state index in [4.69, 9.17) is 5.26 Å². The third-order valence-corrected chi connectivity index (χ3v) is 4.28. The Morgan fingerprint density at radius 3 is 2.04 bits per heavy atom. The molecule has 2 nitrogen and oxygen atoms in total. The van der Waals surface area contributed by atoms with Gasteiger partial charge in [-0.1, -0.05) is 64.0 Å². The standard InChI is InChI=1S/C22H34N2/c1-2-3-4-5-6-7-8-9-10-11-12-13-14-19-24-22-17-15-21(20-23)16-18-22/h11-12,15-18,24H,2-10,13-14,19H2,1H3. The van der Waals surface area contributed by atoms with Gasteiger partial charge in [-0.3, -0.25) is 0 Å². The second-order valence-corrected chi connectivity index (χ2v) is 6.49.